The van der Waals surface area contributed by atoms with Crippen LogP contribution in [0.15, 0.2) is 66.9 Å². The number of hydrogen-bond donors (Lipinski definition) is 1. The molecule has 1 heterocycles. The van der Waals surface area contributed by atoms with Crippen molar-refractivity contribution in [2.45, 2.75) is 12.7 Å². The summed E-state index contributed by atoms with van der Waals surface area (Å²) in [6.45, 7) is 0.289. The predicted octanol–water partition coefficient (Wildman–Crippen LogP) is 4.12. The van der Waals surface area contributed by atoms with Gasteiger partial charge in [0.25, 0.3) is 5.91 Å². The molecule has 5 nitrogen and oxygen atoms in total. The van der Waals surface area contributed by atoms with Crippen LogP contribution in [0.3, 0.4) is 0 Å². The maximum absolute atomic E-state index is 12.5. The molecule has 0 aliphatic carbocycles. The molecule has 0 atom stereocenters. The summed E-state index contributed by atoms with van der Waals surface area (Å²) < 4.78 is 44.2. The van der Waals surface area contributed by atoms with Crippen LogP contribution in [0.5, 0.6) is 11.5 Å². The summed E-state index contributed by atoms with van der Waals surface area (Å²) in [4.78, 5) is 12.1. The summed E-state index contributed by atoms with van der Waals surface area (Å²) in [7, 11) is 0. The van der Waals surface area contributed by atoms with E-state index in [1.807, 2.05) is 30.3 Å². The normalized spacial score (nSPS) is 11.2. The third-order valence-corrected chi connectivity index (χ3v) is 3.65. The van der Waals surface area contributed by atoms with E-state index < -0.39 is 11.9 Å². The van der Waals surface area contributed by atoms with Crippen LogP contribution < -0.4 is 10.1 Å². The van der Waals surface area contributed by atoms with Gasteiger partial charge in [-0.25, -0.2) is 0 Å². The van der Waals surface area contributed by atoms with E-state index in [0.717, 1.165) is 10.7 Å². The number of rotatable bonds is 6. The first-order valence-electron chi connectivity index (χ1n) is 8.13. The number of amides is 1. The molecule has 1 amide bonds. The highest BCUT2D eigenvalue weighted by molar-refractivity contribution is 5.94. The number of para-hydroxylation sites is 1. The van der Waals surface area contributed by atoms with Gasteiger partial charge in [0.2, 0.25) is 0 Å². The Labute approximate surface area is 153 Å². The number of carbonyl (C=O) groups is 1. The number of alkyl halides is 3. The maximum Gasteiger partial charge on any atom is 0.435 e. The van der Waals surface area contributed by atoms with Gasteiger partial charge in [-0.05, 0) is 42.5 Å². The summed E-state index contributed by atoms with van der Waals surface area (Å²) in [6, 6.07) is 16.7. The standard InChI is InChI=1S/C19H16F3N3O2/c20-19(21,22)17-10-12-25(24-17)13-11-23-18(26)14-6-8-16(9-7-14)27-15-4-2-1-3-5-15/h1-10,12H,11,13H2,(H,23,26). The lowest BCUT2D eigenvalue weighted by atomic mass is 10.2. The molecular weight excluding hydrogens is 359 g/mol. The van der Waals surface area contributed by atoms with Gasteiger partial charge in [-0.15, -0.1) is 0 Å². The molecule has 3 aromatic rings. The van der Waals surface area contributed by atoms with E-state index in [1.54, 1.807) is 24.3 Å². The Morgan fingerprint density at radius 1 is 1.00 bits per heavy atom. The molecule has 0 aliphatic rings. The molecule has 27 heavy (non-hydrogen) atoms. The van der Waals surface area contributed by atoms with E-state index in [-0.39, 0.29) is 19.0 Å². The van der Waals surface area contributed by atoms with Crippen molar-refractivity contribution in [2.75, 3.05) is 6.54 Å². The van der Waals surface area contributed by atoms with E-state index in [2.05, 4.69) is 10.4 Å². The van der Waals surface area contributed by atoms with Gasteiger partial charge in [-0.1, -0.05) is 18.2 Å². The molecule has 1 aromatic heterocycles. The van der Waals surface area contributed by atoms with E-state index in [9.17, 15) is 18.0 Å². The van der Waals surface area contributed by atoms with Crippen molar-refractivity contribution >= 4 is 5.91 Å². The molecule has 3 rings (SSSR count). The smallest absolute Gasteiger partial charge is 0.435 e. The first-order chi connectivity index (χ1) is 12.9. The molecule has 1 N–H and O–H groups in total. The number of benzene rings is 2. The van der Waals surface area contributed by atoms with Crippen LogP contribution in [0, 0.1) is 0 Å². The van der Waals surface area contributed by atoms with Crippen molar-refractivity contribution in [1.82, 2.24) is 15.1 Å². The summed E-state index contributed by atoms with van der Waals surface area (Å²) in [6.07, 6.45) is -3.25. The second-order valence-electron chi connectivity index (χ2n) is 5.66. The summed E-state index contributed by atoms with van der Waals surface area (Å²) in [5.41, 5.74) is -0.533. The Kier molecular flexibility index (Phi) is 5.44. The summed E-state index contributed by atoms with van der Waals surface area (Å²) >= 11 is 0. The number of nitrogens with one attached hydrogen (secondary N) is 1. The van der Waals surface area contributed by atoms with Gasteiger partial charge in [0, 0.05) is 18.3 Å². The fourth-order valence-corrected chi connectivity index (χ4v) is 2.32. The molecule has 0 aliphatic heterocycles. The highest BCUT2D eigenvalue weighted by Gasteiger charge is 2.33. The Balaban J connectivity index is 1.50. The molecule has 0 unspecified atom stereocenters. The zero-order valence-electron chi connectivity index (χ0n) is 14.1. The molecule has 0 saturated carbocycles. The molecule has 0 radical (unpaired) electrons. The van der Waals surface area contributed by atoms with E-state index in [4.69, 9.17) is 4.74 Å². The number of hydrogen-bond acceptors (Lipinski definition) is 3. The van der Waals surface area contributed by atoms with E-state index in [1.165, 1.54) is 6.20 Å². The average Bonchev–Trinajstić information content (AvgIpc) is 3.12. The van der Waals surface area contributed by atoms with Crippen molar-refractivity contribution in [3.8, 4) is 11.5 Å². The van der Waals surface area contributed by atoms with Crippen LogP contribution in [0.25, 0.3) is 0 Å². The second kappa shape index (κ2) is 7.94. The number of nitrogens with zero attached hydrogens (tertiary/aromatic N) is 2. The first-order valence-corrected chi connectivity index (χ1v) is 8.13. The number of carbonyl (C=O) groups excluding carboxylic acids is 1. The third-order valence-electron chi connectivity index (χ3n) is 3.65. The van der Waals surface area contributed by atoms with Crippen molar-refractivity contribution in [1.29, 1.82) is 0 Å². The van der Waals surface area contributed by atoms with Crippen LogP contribution in [-0.2, 0) is 12.7 Å². The maximum atomic E-state index is 12.5. The van der Waals surface area contributed by atoms with Gasteiger partial charge in [0.05, 0.1) is 6.54 Å². The van der Waals surface area contributed by atoms with Crippen LogP contribution in [0.4, 0.5) is 13.2 Å². The van der Waals surface area contributed by atoms with Gasteiger partial charge < -0.3 is 10.1 Å². The molecule has 0 bridgehead atoms. The van der Waals surface area contributed by atoms with Crippen LogP contribution in [-0.4, -0.2) is 22.2 Å². The average molecular weight is 375 g/mol. The predicted molar refractivity (Wildman–Crippen MR) is 92.5 cm³/mol. The number of halogens is 3. The SMILES string of the molecule is O=C(NCCn1ccc(C(F)(F)F)n1)c1ccc(Oc2ccccc2)cc1. The lowest BCUT2D eigenvalue weighted by molar-refractivity contribution is -0.141. The van der Waals surface area contributed by atoms with Gasteiger partial charge in [0.15, 0.2) is 5.69 Å². The minimum atomic E-state index is -4.47. The quantitative estimate of drug-likeness (QED) is 0.705. The molecule has 140 valence electrons. The van der Waals surface area contributed by atoms with Gasteiger partial charge in [0.1, 0.15) is 11.5 Å². The zero-order chi connectivity index (χ0) is 19.3. The number of ether oxygens (including phenoxy) is 1. The first kappa shape index (κ1) is 18.5. The van der Waals surface area contributed by atoms with Gasteiger partial charge in [-0.3, -0.25) is 9.48 Å². The lowest BCUT2D eigenvalue weighted by Gasteiger charge is -2.08. The lowest BCUT2D eigenvalue weighted by Crippen LogP contribution is -2.27. The van der Waals surface area contributed by atoms with Crippen molar-refractivity contribution in [2.24, 2.45) is 0 Å². The minimum Gasteiger partial charge on any atom is -0.457 e. The fraction of sp³-hybridized carbons (Fsp3) is 0.158. The Hall–Kier alpha value is -3.29. The van der Waals surface area contributed by atoms with Gasteiger partial charge >= 0.3 is 6.18 Å². The Bertz CT molecular complexity index is 891. The topological polar surface area (TPSA) is 56.2 Å². The van der Waals surface area contributed by atoms with Crippen molar-refractivity contribution in [3.63, 3.8) is 0 Å². The summed E-state index contributed by atoms with van der Waals surface area (Å²) in [5.74, 6) is 0.950. The fourth-order valence-electron chi connectivity index (χ4n) is 2.32. The molecule has 0 spiro atoms. The van der Waals surface area contributed by atoms with E-state index in [0.29, 0.717) is 17.1 Å². The highest BCUT2D eigenvalue weighted by Crippen LogP contribution is 2.27. The second-order valence-corrected chi connectivity index (χ2v) is 5.66. The Morgan fingerprint density at radius 2 is 1.67 bits per heavy atom. The van der Waals surface area contributed by atoms with Crippen LogP contribution in [0.1, 0.15) is 16.1 Å². The molecule has 8 heteroatoms. The van der Waals surface area contributed by atoms with Crippen molar-refractivity contribution in [3.05, 3.63) is 78.1 Å². The molecular formula is C19H16F3N3O2. The zero-order valence-corrected chi connectivity index (χ0v) is 14.1. The van der Waals surface area contributed by atoms with Crippen molar-refractivity contribution < 1.29 is 22.7 Å². The minimum absolute atomic E-state index is 0.136. The van der Waals surface area contributed by atoms with E-state index >= 15 is 0 Å². The third kappa shape index (κ3) is 5.10. The molecule has 0 saturated heterocycles. The monoisotopic (exact) mass is 375 g/mol. The van der Waals surface area contributed by atoms with Gasteiger partial charge in [-0.2, -0.15) is 18.3 Å². The molecule has 2 aromatic carbocycles. The highest BCUT2D eigenvalue weighted by atomic mass is 19.4. The number of aromatic nitrogens is 2. The Morgan fingerprint density at radius 3 is 2.30 bits per heavy atom. The van der Waals surface area contributed by atoms with Crippen LogP contribution >= 0.6 is 0 Å². The largest absolute Gasteiger partial charge is 0.457 e. The van der Waals surface area contributed by atoms with Crippen LogP contribution in [0.2, 0.25) is 0 Å². The molecule has 0 fully saturated rings. The summed E-state index contributed by atoms with van der Waals surface area (Å²) in [5, 5.41) is 6.07.